The highest BCUT2D eigenvalue weighted by Gasteiger charge is 2.21. The molecule has 0 saturated carbocycles. The van der Waals surface area contributed by atoms with E-state index >= 15 is 0 Å². The van der Waals surface area contributed by atoms with Crippen LogP contribution in [0.4, 0.5) is 10.1 Å². The van der Waals surface area contributed by atoms with Gasteiger partial charge in [0.15, 0.2) is 5.75 Å². The maximum absolute atomic E-state index is 14.1. The van der Waals surface area contributed by atoms with Gasteiger partial charge in [0.2, 0.25) is 0 Å². The fraction of sp³-hybridized carbons (Fsp3) is 0.318. The number of carbonyl (C=O) groups excluding carboxylic acids is 1. The number of nitrogens with zero attached hydrogens (tertiary/aromatic N) is 1. The Morgan fingerprint density at radius 1 is 1.14 bits per heavy atom. The van der Waals surface area contributed by atoms with Crippen LogP contribution in [0.1, 0.15) is 34.5 Å². The molecule has 2 aromatic carbocycles. The minimum atomic E-state index is -0.377. The molecular weight excluding hydrogens is 375 g/mol. The molecule has 146 valence electrons. The van der Waals surface area contributed by atoms with E-state index in [0.29, 0.717) is 27.3 Å². The monoisotopic (exact) mass is 398 g/mol. The molecule has 1 amide bonds. The lowest BCUT2D eigenvalue weighted by Crippen LogP contribution is -2.29. The van der Waals surface area contributed by atoms with Crippen LogP contribution < -0.4 is 15.0 Å². The van der Waals surface area contributed by atoms with E-state index in [4.69, 9.17) is 4.74 Å². The van der Waals surface area contributed by atoms with Crippen LogP contribution in [0, 0.1) is 5.82 Å². The van der Waals surface area contributed by atoms with Gasteiger partial charge in [-0.15, -0.1) is 11.3 Å². The molecule has 1 fully saturated rings. The largest absolute Gasteiger partial charge is 0.494 e. The van der Waals surface area contributed by atoms with E-state index in [0.717, 1.165) is 18.7 Å². The van der Waals surface area contributed by atoms with Gasteiger partial charge in [0.25, 0.3) is 5.91 Å². The van der Waals surface area contributed by atoms with E-state index < -0.39 is 0 Å². The molecule has 1 aliphatic rings. The lowest BCUT2D eigenvalue weighted by atomic mass is 10.1. The Labute approximate surface area is 167 Å². The molecule has 28 heavy (non-hydrogen) atoms. The summed E-state index contributed by atoms with van der Waals surface area (Å²) in [7, 11) is 1.46. The molecule has 0 aliphatic carbocycles. The number of anilines is 1. The van der Waals surface area contributed by atoms with E-state index in [9.17, 15) is 9.18 Å². The third kappa shape index (κ3) is 3.69. The van der Waals surface area contributed by atoms with Crippen molar-refractivity contribution < 1.29 is 13.9 Å². The summed E-state index contributed by atoms with van der Waals surface area (Å²) >= 11 is 1.24. The van der Waals surface area contributed by atoms with Crippen LogP contribution in [0.2, 0.25) is 0 Å². The summed E-state index contributed by atoms with van der Waals surface area (Å²) < 4.78 is 20.2. The topological polar surface area (TPSA) is 41.6 Å². The molecule has 0 radical (unpaired) electrons. The molecule has 0 atom stereocenters. The lowest BCUT2D eigenvalue weighted by molar-refractivity contribution is 0.0952. The fourth-order valence-corrected chi connectivity index (χ4v) is 4.76. The zero-order valence-electron chi connectivity index (χ0n) is 15.8. The van der Waals surface area contributed by atoms with Crippen LogP contribution in [-0.4, -0.2) is 26.1 Å². The van der Waals surface area contributed by atoms with E-state index in [2.05, 4.69) is 22.3 Å². The minimum Gasteiger partial charge on any atom is -0.494 e. The molecule has 4 nitrogen and oxygen atoms in total. The van der Waals surface area contributed by atoms with Gasteiger partial charge in [-0.2, -0.15) is 0 Å². The normalized spacial score (nSPS) is 14.3. The zero-order valence-corrected chi connectivity index (χ0v) is 16.7. The van der Waals surface area contributed by atoms with Gasteiger partial charge in [-0.25, -0.2) is 4.39 Å². The molecule has 1 aromatic heterocycles. The molecule has 1 N–H and O–H groups in total. The number of hydrogen-bond acceptors (Lipinski definition) is 4. The minimum absolute atomic E-state index is 0.252. The van der Waals surface area contributed by atoms with Crippen LogP contribution in [0.3, 0.4) is 0 Å². The molecule has 4 rings (SSSR count). The van der Waals surface area contributed by atoms with Crippen LogP contribution >= 0.6 is 11.3 Å². The number of amides is 1. The number of ether oxygens (including phenoxy) is 1. The highest BCUT2D eigenvalue weighted by molar-refractivity contribution is 7.21. The SMILES string of the molecule is COc1c(C(=O)NCc2ccc(N3CCCCC3)cc2)sc2cccc(F)c12. The maximum atomic E-state index is 14.1. The van der Waals surface area contributed by atoms with Crippen molar-refractivity contribution in [2.75, 3.05) is 25.1 Å². The van der Waals surface area contributed by atoms with Gasteiger partial charge in [-0.05, 0) is 49.1 Å². The summed E-state index contributed by atoms with van der Waals surface area (Å²) in [5.41, 5.74) is 2.26. The number of benzene rings is 2. The van der Waals surface area contributed by atoms with Gasteiger partial charge in [-0.3, -0.25) is 4.79 Å². The summed E-state index contributed by atoms with van der Waals surface area (Å²) in [5, 5.41) is 3.29. The molecule has 6 heteroatoms. The Kier molecular flexibility index (Phi) is 5.48. The number of carbonyl (C=O) groups is 1. The number of nitrogens with one attached hydrogen (secondary N) is 1. The van der Waals surface area contributed by atoms with Crippen molar-refractivity contribution >= 4 is 33.0 Å². The highest BCUT2D eigenvalue weighted by Crippen LogP contribution is 2.39. The highest BCUT2D eigenvalue weighted by atomic mass is 32.1. The zero-order chi connectivity index (χ0) is 19.5. The van der Waals surface area contributed by atoms with Crippen LogP contribution in [0.25, 0.3) is 10.1 Å². The summed E-state index contributed by atoms with van der Waals surface area (Å²) in [6.07, 6.45) is 3.80. The molecule has 0 spiro atoms. The number of hydrogen-bond donors (Lipinski definition) is 1. The number of halogens is 1. The third-order valence-corrected chi connectivity index (χ3v) is 6.28. The van der Waals surface area contributed by atoms with Crippen molar-refractivity contribution in [2.45, 2.75) is 25.8 Å². The first-order chi connectivity index (χ1) is 13.7. The average Bonchev–Trinajstić information content (AvgIpc) is 3.13. The van der Waals surface area contributed by atoms with Crippen molar-refractivity contribution in [3.8, 4) is 5.75 Å². The number of methoxy groups -OCH3 is 1. The molecule has 1 saturated heterocycles. The van der Waals surface area contributed by atoms with Crippen molar-refractivity contribution in [3.63, 3.8) is 0 Å². The lowest BCUT2D eigenvalue weighted by Gasteiger charge is -2.28. The fourth-order valence-electron chi connectivity index (χ4n) is 3.66. The van der Waals surface area contributed by atoms with Crippen molar-refractivity contribution in [1.29, 1.82) is 0 Å². The molecule has 3 aromatic rings. The predicted octanol–water partition coefficient (Wildman–Crippen LogP) is 4.97. The Balaban J connectivity index is 1.46. The first-order valence-electron chi connectivity index (χ1n) is 9.54. The molecule has 0 bridgehead atoms. The summed E-state index contributed by atoms with van der Waals surface area (Å²) in [5.74, 6) is -0.327. The second-order valence-corrected chi connectivity index (χ2v) is 8.03. The summed E-state index contributed by atoms with van der Waals surface area (Å²) in [6, 6.07) is 13.1. The van der Waals surface area contributed by atoms with Crippen LogP contribution in [-0.2, 0) is 6.54 Å². The number of thiophene rings is 1. The van der Waals surface area contributed by atoms with Gasteiger partial charge in [-0.1, -0.05) is 18.2 Å². The van der Waals surface area contributed by atoms with Crippen molar-refractivity contribution in [2.24, 2.45) is 0 Å². The number of rotatable bonds is 5. The molecular formula is C22H23FN2O2S. The number of piperidine rings is 1. The Morgan fingerprint density at radius 3 is 2.61 bits per heavy atom. The standard InChI is InChI=1S/C22H23FN2O2S/c1-27-20-19-17(23)6-5-7-18(19)28-21(20)22(26)24-14-15-8-10-16(11-9-15)25-12-3-2-4-13-25/h5-11H,2-4,12-14H2,1H3,(H,24,26). The molecule has 2 heterocycles. The van der Waals surface area contributed by atoms with Crippen LogP contribution in [0.15, 0.2) is 42.5 Å². The Bertz CT molecular complexity index is 978. The van der Waals surface area contributed by atoms with Crippen molar-refractivity contribution in [1.82, 2.24) is 5.32 Å². The average molecular weight is 399 g/mol. The molecule has 1 aliphatic heterocycles. The van der Waals surface area contributed by atoms with Gasteiger partial charge < -0.3 is 15.0 Å². The van der Waals surface area contributed by atoms with E-state index in [1.807, 2.05) is 12.1 Å². The van der Waals surface area contributed by atoms with Gasteiger partial charge in [0.05, 0.1) is 12.5 Å². The van der Waals surface area contributed by atoms with E-state index in [-0.39, 0.29) is 11.7 Å². The predicted molar refractivity (Wildman–Crippen MR) is 112 cm³/mol. The second-order valence-electron chi connectivity index (χ2n) is 6.97. The van der Waals surface area contributed by atoms with E-state index in [1.54, 1.807) is 12.1 Å². The van der Waals surface area contributed by atoms with Gasteiger partial charge >= 0.3 is 0 Å². The summed E-state index contributed by atoms with van der Waals surface area (Å²) in [6.45, 7) is 2.63. The van der Waals surface area contributed by atoms with Crippen LogP contribution in [0.5, 0.6) is 5.75 Å². The van der Waals surface area contributed by atoms with E-state index in [1.165, 1.54) is 49.5 Å². The maximum Gasteiger partial charge on any atom is 0.265 e. The first kappa shape index (κ1) is 18.7. The number of fused-ring (bicyclic) bond motifs is 1. The third-order valence-electron chi connectivity index (χ3n) is 5.14. The molecule has 0 unspecified atom stereocenters. The van der Waals surface area contributed by atoms with Crippen molar-refractivity contribution in [3.05, 3.63) is 58.7 Å². The summed E-state index contributed by atoms with van der Waals surface area (Å²) in [4.78, 5) is 15.5. The quantitative estimate of drug-likeness (QED) is 0.660. The first-order valence-corrected chi connectivity index (χ1v) is 10.4. The smallest absolute Gasteiger partial charge is 0.265 e. The Hall–Kier alpha value is -2.60. The second kappa shape index (κ2) is 8.19. The van der Waals surface area contributed by atoms with Gasteiger partial charge in [0, 0.05) is 30.0 Å². The Morgan fingerprint density at radius 2 is 1.89 bits per heavy atom. The van der Waals surface area contributed by atoms with Gasteiger partial charge in [0.1, 0.15) is 10.7 Å².